The van der Waals surface area contributed by atoms with E-state index in [0.29, 0.717) is 11.2 Å². The zero-order valence-electron chi connectivity index (χ0n) is 14.6. The number of aliphatic imine (C=N–C) groups is 1. The lowest BCUT2D eigenvalue weighted by Crippen LogP contribution is -2.13. The second kappa shape index (κ2) is 7.35. The molecule has 1 atom stereocenters. The molecule has 0 saturated carbocycles. The lowest BCUT2D eigenvalue weighted by molar-refractivity contribution is 0.589. The molecular formula is C18H30N2S. The summed E-state index contributed by atoms with van der Waals surface area (Å²) >= 11 is 1.64. The van der Waals surface area contributed by atoms with Crippen LogP contribution in [-0.2, 0) is 11.2 Å². The summed E-state index contributed by atoms with van der Waals surface area (Å²) in [5.41, 5.74) is 11.7. The Labute approximate surface area is 134 Å². The van der Waals surface area contributed by atoms with Gasteiger partial charge in [0.2, 0.25) is 0 Å². The van der Waals surface area contributed by atoms with Crippen molar-refractivity contribution < 1.29 is 0 Å². The fourth-order valence-electron chi connectivity index (χ4n) is 2.15. The van der Waals surface area contributed by atoms with Gasteiger partial charge >= 0.3 is 0 Å². The third-order valence-corrected chi connectivity index (χ3v) is 4.70. The Morgan fingerprint density at radius 2 is 1.76 bits per heavy atom. The zero-order valence-corrected chi connectivity index (χ0v) is 15.4. The molecule has 0 bridgehead atoms. The minimum atomic E-state index is 0.193. The quantitative estimate of drug-likeness (QED) is 0.631. The largest absolute Gasteiger partial charge is 0.379 e. The molecule has 118 valence electrons. The number of nitrogens with two attached hydrogens (primary N) is 1. The van der Waals surface area contributed by atoms with E-state index in [0.717, 1.165) is 12.2 Å². The van der Waals surface area contributed by atoms with Gasteiger partial charge in [-0.3, -0.25) is 4.99 Å². The van der Waals surface area contributed by atoms with E-state index < -0.39 is 0 Å². The Morgan fingerprint density at radius 3 is 2.19 bits per heavy atom. The number of rotatable bonds is 4. The van der Waals surface area contributed by atoms with Gasteiger partial charge in [0.25, 0.3) is 0 Å². The van der Waals surface area contributed by atoms with Crippen LogP contribution in [0, 0.1) is 13.8 Å². The molecule has 0 aliphatic carbocycles. The summed E-state index contributed by atoms with van der Waals surface area (Å²) in [5, 5.41) is 0.697. The van der Waals surface area contributed by atoms with E-state index in [2.05, 4.69) is 65.6 Å². The van der Waals surface area contributed by atoms with E-state index in [4.69, 9.17) is 5.73 Å². The summed E-state index contributed by atoms with van der Waals surface area (Å²) in [6, 6.07) is 4.93. The first-order valence-electron chi connectivity index (χ1n) is 7.71. The Kier molecular flexibility index (Phi) is 6.33. The van der Waals surface area contributed by atoms with Gasteiger partial charge in [-0.1, -0.05) is 51.6 Å². The lowest BCUT2D eigenvalue weighted by Gasteiger charge is -2.22. The number of nitrogens with zero attached hydrogens (tertiary/aromatic N) is 1. The Balaban J connectivity index is 2.89. The summed E-state index contributed by atoms with van der Waals surface area (Å²) in [5.74, 6) is 0.897. The smallest absolute Gasteiger partial charge is 0.154 e. The first-order valence-corrected chi connectivity index (χ1v) is 8.70. The minimum Gasteiger partial charge on any atom is -0.379 e. The fraction of sp³-hybridized carbons (Fsp3) is 0.611. The van der Waals surface area contributed by atoms with Crippen LogP contribution in [0.2, 0.25) is 0 Å². The molecule has 0 fully saturated rings. The summed E-state index contributed by atoms with van der Waals surface area (Å²) in [6.45, 7) is 15.4. The number of hydrogen-bond acceptors (Lipinski definition) is 2. The van der Waals surface area contributed by atoms with Crippen LogP contribution in [0.1, 0.15) is 63.3 Å². The minimum absolute atomic E-state index is 0.193. The molecule has 3 heteroatoms. The molecular weight excluding hydrogens is 276 g/mol. The van der Waals surface area contributed by atoms with E-state index in [1.165, 1.54) is 22.3 Å². The molecule has 1 aromatic rings. The van der Waals surface area contributed by atoms with Gasteiger partial charge in [0.1, 0.15) is 0 Å². The highest BCUT2D eigenvalue weighted by atomic mass is 32.2. The predicted molar refractivity (Wildman–Crippen MR) is 97.3 cm³/mol. The van der Waals surface area contributed by atoms with Crippen LogP contribution in [0.4, 0.5) is 0 Å². The van der Waals surface area contributed by atoms with Gasteiger partial charge in [0.15, 0.2) is 5.17 Å². The molecule has 0 spiro atoms. The highest BCUT2D eigenvalue weighted by Crippen LogP contribution is 2.28. The predicted octanol–water partition coefficient (Wildman–Crippen LogP) is 4.95. The first kappa shape index (κ1) is 18.1. The van der Waals surface area contributed by atoms with Crippen LogP contribution in [0.25, 0.3) is 0 Å². The molecule has 0 aliphatic rings. The molecule has 0 amide bonds. The molecule has 0 unspecified atom stereocenters. The zero-order chi connectivity index (χ0) is 16.2. The maximum atomic E-state index is 6.01. The van der Waals surface area contributed by atoms with E-state index >= 15 is 0 Å². The van der Waals surface area contributed by atoms with Crippen molar-refractivity contribution in [3.05, 3.63) is 34.4 Å². The fourth-order valence-corrected chi connectivity index (χ4v) is 3.15. The van der Waals surface area contributed by atoms with Crippen LogP contribution in [0.15, 0.2) is 17.1 Å². The maximum Gasteiger partial charge on any atom is 0.154 e. The van der Waals surface area contributed by atoms with Gasteiger partial charge in [0, 0.05) is 11.8 Å². The normalized spacial score (nSPS) is 14.3. The average molecular weight is 307 g/mol. The van der Waals surface area contributed by atoms with Crippen molar-refractivity contribution in [1.82, 2.24) is 0 Å². The van der Waals surface area contributed by atoms with Gasteiger partial charge in [-0.05, 0) is 54.9 Å². The van der Waals surface area contributed by atoms with E-state index in [1.807, 2.05) is 0 Å². The van der Waals surface area contributed by atoms with Gasteiger partial charge in [-0.25, -0.2) is 0 Å². The van der Waals surface area contributed by atoms with Crippen molar-refractivity contribution in [2.45, 2.75) is 72.1 Å². The van der Waals surface area contributed by atoms with Crippen LogP contribution in [0.5, 0.6) is 0 Å². The van der Waals surface area contributed by atoms with Gasteiger partial charge in [-0.2, -0.15) is 0 Å². The van der Waals surface area contributed by atoms with Gasteiger partial charge in [0.05, 0.1) is 0 Å². The van der Waals surface area contributed by atoms with Gasteiger partial charge < -0.3 is 5.73 Å². The highest BCUT2D eigenvalue weighted by Gasteiger charge is 2.16. The SMILES string of the molecule is CC[C@H](C)N=C(N)SCc1c(C)cc(C(C)(C)C)cc1C. The summed E-state index contributed by atoms with van der Waals surface area (Å²) < 4.78 is 0. The van der Waals surface area contributed by atoms with Crippen molar-refractivity contribution in [2.24, 2.45) is 10.7 Å². The van der Waals surface area contributed by atoms with Crippen LogP contribution < -0.4 is 5.73 Å². The summed E-state index contributed by atoms with van der Waals surface area (Å²) in [7, 11) is 0. The van der Waals surface area contributed by atoms with Crippen LogP contribution >= 0.6 is 11.8 Å². The molecule has 2 nitrogen and oxygen atoms in total. The highest BCUT2D eigenvalue weighted by molar-refractivity contribution is 8.13. The number of thioether (sulfide) groups is 1. The van der Waals surface area contributed by atoms with Crippen LogP contribution in [0.3, 0.4) is 0 Å². The summed E-state index contributed by atoms with van der Waals surface area (Å²) in [4.78, 5) is 4.48. The Morgan fingerprint density at radius 1 is 1.24 bits per heavy atom. The van der Waals surface area contributed by atoms with E-state index in [9.17, 15) is 0 Å². The molecule has 0 aromatic heterocycles. The standard InChI is InChI=1S/C18H30N2S/c1-8-14(4)20-17(19)21-11-16-12(2)9-15(10-13(16)3)18(5,6)7/h9-10,14H,8,11H2,1-7H3,(H2,19,20)/t14-/m0/s1. The maximum absolute atomic E-state index is 6.01. The molecule has 0 saturated heterocycles. The Bertz CT molecular complexity index is 489. The van der Waals surface area contributed by atoms with Crippen molar-refractivity contribution >= 4 is 16.9 Å². The lowest BCUT2D eigenvalue weighted by atomic mass is 9.84. The molecule has 0 aliphatic heterocycles. The monoisotopic (exact) mass is 306 g/mol. The molecule has 21 heavy (non-hydrogen) atoms. The second-order valence-corrected chi connectivity index (χ2v) is 7.85. The second-order valence-electron chi connectivity index (χ2n) is 6.85. The van der Waals surface area contributed by atoms with Gasteiger partial charge in [-0.15, -0.1) is 0 Å². The van der Waals surface area contributed by atoms with Crippen molar-refractivity contribution in [3.63, 3.8) is 0 Å². The van der Waals surface area contributed by atoms with E-state index in [1.54, 1.807) is 11.8 Å². The van der Waals surface area contributed by atoms with E-state index in [-0.39, 0.29) is 5.41 Å². The first-order chi connectivity index (χ1) is 9.65. The average Bonchev–Trinajstić information content (AvgIpc) is 2.36. The number of amidine groups is 1. The third kappa shape index (κ3) is 5.39. The topological polar surface area (TPSA) is 38.4 Å². The molecule has 0 radical (unpaired) electrons. The molecule has 2 N–H and O–H groups in total. The number of aryl methyl sites for hydroxylation is 2. The number of benzene rings is 1. The molecule has 1 aromatic carbocycles. The summed E-state index contributed by atoms with van der Waals surface area (Å²) in [6.07, 6.45) is 1.03. The van der Waals surface area contributed by atoms with Crippen molar-refractivity contribution in [1.29, 1.82) is 0 Å². The number of hydrogen-bond donors (Lipinski definition) is 1. The van der Waals surface area contributed by atoms with Crippen molar-refractivity contribution in [3.8, 4) is 0 Å². The third-order valence-electron chi connectivity index (χ3n) is 3.86. The Hall–Kier alpha value is -0.960. The van der Waals surface area contributed by atoms with Crippen LogP contribution in [-0.4, -0.2) is 11.2 Å². The molecule has 1 rings (SSSR count). The molecule has 0 heterocycles. The van der Waals surface area contributed by atoms with Crippen molar-refractivity contribution in [2.75, 3.05) is 0 Å².